The predicted molar refractivity (Wildman–Crippen MR) is 59.6 cm³/mol. The second-order valence-electron chi connectivity index (χ2n) is 3.64. The largest absolute Gasteiger partial charge is 0.395 e. The number of nitrogens with zero attached hydrogens (tertiary/aromatic N) is 1. The van der Waals surface area contributed by atoms with E-state index in [0.717, 1.165) is 11.1 Å². The maximum Gasteiger partial charge on any atom is 0.226 e. The SMILES string of the molecule is Cc1ccccc1CC(=O)N(C)CCO. The third kappa shape index (κ3) is 3.36. The smallest absolute Gasteiger partial charge is 0.226 e. The van der Waals surface area contributed by atoms with Crippen molar-refractivity contribution in [2.24, 2.45) is 0 Å². The van der Waals surface area contributed by atoms with E-state index in [9.17, 15) is 4.79 Å². The summed E-state index contributed by atoms with van der Waals surface area (Å²) in [5.41, 5.74) is 2.18. The highest BCUT2D eigenvalue weighted by Crippen LogP contribution is 2.08. The first-order valence-electron chi connectivity index (χ1n) is 5.04. The maximum absolute atomic E-state index is 11.7. The highest BCUT2D eigenvalue weighted by atomic mass is 16.3. The van der Waals surface area contributed by atoms with E-state index in [1.165, 1.54) is 0 Å². The van der Waals surface area contributed by atoms with Crippen LogP contribution in [0.2, 0.25) is 0 Å². The van der Waals surface area contributed by atoms with Gasteiger partial charge in [0.1, 0.15) is 0 Å². The highest BCUT2D eigenvalue weighted by Gasteiger charge is 2.09. The van der Waals surface area contributed by atoms with E-state index < -0.39 is 0 Å². The summed E-state index contributed by atoms with van der Waals surface area (Å²) < 4.78 is 0. The number of carbonyl (C=O) groups excluding carboxylic acids is 1. The molecule has 0 spiro atoms. The number of hydrogen-bond acceptors (Lipinski definition) is 2. The zero-order valence-electron chi connectivity index (χ0n) is 9.23. The van der Waals surface area contributed by atoms with Gasteiger partial charge in [0.05, 0.1) is 13.0 Å². The zero-order chi connectivity index (χ0) is 11.3. The van der Waals surface area contributed by atoms with Gasteiger partial charge in [0.15, 0.2) is 0 Å². The van der Waals surface area contributed by atoms with E-state index >= 15 is 0 Å². The summed E-state index contributed by atoms with van der Waals surface area (Å²) >= 11 is 0. The van der Waals surface area contributed by atoms with Crippen LogP contribution in [0.15, 0.2) is 24.3 Å². The Balaban J connectivity index is 2.62. The van der Waals surface area contributed by atoms with Crippen molar-refractivity contribution in [2.75, 3.05) is 20.2 Å². The Kier molecular flexibility index (Phi) is 4.31. The normalized spacial score (nSPS) is 10.1. The van der Waals surface area contributed by atoms with Crippen LogP contribution in [0.5, 0.6) is 0 Å². The molecular formula is C12H17NO2. The van der Waals surface area contributed by atoms with E-state index in [4.69, 9.17) is 5.11 Å². The van der Waals surface area contributed by atoms with Gasteiger partial charge in [0.2, 0.25) is 5.91 Å². The van der Waals surface area contributed by atoms with Crippen LogP contribution in [0.25, 0.3) is 0 Å². The van der Waals surface area contributed by atoms with Gasteiger partial charge in [-0.1, -0.05) is 24.3 Å². The van der Waals surface area contributed by atoms with Crippen molar-refractivity contribution in [3.05, 3.63) is 35.4 Å². The minimum atomic E-state index is 0.00993. The van der Waals surface area contributed by atoms with E-state index in [1.807, 2.05) is 31.2 Å². The molecule has 0 aliphatic carbocycles. The number of aryl methyl sites for hydroxylation is 1. The minimum absolute atomic E-state index is 0.00993. The van der Waals surface area contributed by atoms with Crippen molar-refractivity contribution in [1.29, 1.82) is 0 Å². The molecule has 1 aromatic rings. The topological polar surface area (TPSA) is 40.5 Å². The molecule has 0 atom stereocenters. The van der Waals surface area contributed by atoms with Crippen molar-refractivity contribution in [1.82, 2.24) is 4.90 Å². The number of hydrogen-bond donors (Lipinski definition) is 1. The van der Waals surface area contributed by atoms with Crippen LogP contribution in [0, 0.1) is 6.92 Å². The average molecular weight is 207 g/mol. The fourth-order valence-electron chi connectivity index (χ4n) is 1.38. The molecule has 1 amide bonds. The molecule has 1 rings (SSSR count). The molecule has 1 N–H and O–H groups in total. The second-order valence-corrected chi connectivity index (χ2v) is 3.64. The number of likely N-dealkylation sites (N-methyl/N-ethyl adjacent to an activating group) is 1. The quantitative estimate of drug-likeness (QED) is 0.799. The lowest BCUT2D eigenvalue weighted by atomic mass is 10.1. The number of aliphatic hydroxyl groups excluding tert-OH is 1. The van der Waals surface area contributed by atoms with Gasteiger partial charge in [-0.05, 0) is 18.1 Å². The Morgan fingerprint density at radius 2 is 2.07 bits per heavy atom. The van der Waals surface area contributed by atoms with Crippen LogP contribution >= 0.6 is 0 Å². The summed E-state index contributed by atoms with van der Waals surface area (Å²) in [7, 11) is 1.71. The summed E-state index contributed by atoms with van der Waals surface area (Å²) in [5.74, 6) is 0.0401. The van der Waals surface area contributed by atoms with Gasteiger partial charge in [-0.2, -0.15) is 0 Å². The molecule has 82 valence electrons. The van der Waals surface area contributed by atoms with Gasteiger partial charge >= 0.3 is 0 Å². The van der Waals surface area contributed by atoms with Crippen LogP contribution in [-0.2, 0) is 11.2 Å². The van der Waals surface area contributed by atoms with Crippen molar-refractivity contribution >= 4 is 5.91 Å². The molecule has 1 aromatic carbocycles. The minimum Gasteiger partial charge on any atom is -0.395 e. The lowest BCUT2D eigenvalue weighted by Crippen LogP contribution is -2.30. The number of aliphatic hydroxyl groups is 1. The monoisotopic (exact) mass is 207 g/mol. The average Bonchev–Trinajstić information content (AvgIpc) is 2.21. The summed E-state index contributed by atoms with van der Waals surface area (Å²) in [4.78, 5) is 13.2. The molecule has 0 fully saturated rings. The Labute approximate surface area is 90.3 Å². The lowest BCUT2D eigenvalue weighted by molar-refractivity contribution is -0.129. The van der Waals surface area contributed by atoms with E-state index in [2.05, 4.69) is 0 Å². The third-order valence-electron chi connectivity index (χ3n) is 2.46. The number of benzene rings is 1. The molecule has 0 aromatic heterocycles. The van der Waals surface area contributed by atoms with Crippen LogP contribution in [-0.4, -0.2) is 36.1 Å². The first-order chi connectivity index (χ1) is 7.15. The molecule has 0 aliphatic rings. The molecule has 0 aliphatic heterocycles. The molecule has 0 heterocycles. The molecule has 0 radical (unpaired) electrons. The molecule has 0 bridgehead atoms. The molecule has 0 saturated carbocycles. The lowest BCUT2D eigenvalue weighted by Gasteiger charge is -2.16. The molecule has 3 heteroatoms. The third-order valence-corrected chi connectivity index (χ3v) is 2.46. The second kappa shape index (κ2) is 5.51. The molecule has 0 unspecified atom stereocenters. The highest BCUT2D eigenvalue weighted by molar-refractivity contribution is 5.78. The van der Waals surface area contributed by atoms with Gasteiger partial charge < -0.3 is 10.0 Å². The summed E-state index contributed by atoms with van der Waals surface area (Å²) in [6.07, 6.45) is 0.406. The van der Waals surface area contributed by atoms with Crippen LogP contribution in [0.1, 0.15) is 11.1 Å². The Morgan fingerprint density at radius 3 is 2.67 bits per heavy atom. The standard InChI is InChI=1S/C12H17NO2/c1-10-5-3-4-6-11(10)9-12(15)13(2)7-8-14/h3-6,14H,7-9H2,1-2H3. The van der Waals surface area contributed by atoms with E-state index in [1.54, 1.807) is 11.9 Å². The summed E-state index contributed by atoms with van der Waals surface area (Å²) in [5, 5.41) is 8.71. The molecule has 15 heavy (non-hydrogen) atoms. The zero-order valence-corrected chi connectivity index (χ0v) is 9.23. The maximum atomic E-state index is 11.7. The number of carbonyl (C=O) groups is 1. The van der Waals surface area contributed by atoms with Crippen molar-refractivity contribution in [2.45, 2.75) is 13.3 Å². The van der Waals surface area contributed by atoms with Crippen LogP contribution in [0.4, 0.5) is 0 Å². The van der Waals surface area contributed by atoms with Crippen molar-refractivity contribution in [3.8, 4) is 0 Å². The summed E-state index contributed by atoms with van der Waals surface area (Å²) in [6, 6.07) is 7.84. The number of rotatable bonds is 4. The van der Waals surface area contributed by atoms with Gasteiger partial charge in [-0.15, -0.1) is 0 Å². The fourth-order valence-corrected chi connectivity index (χ4v) is 1.38. The first kappa shape index (κ1) is 11.7. The van der Waals surface area contributed by atoms with Gasteiger partial charge in [-0.3, -0.25) is 4.79 Å². The molecular weight excluding hydrogens is 190 g/mol. The van der Waals surface area contributed by atoms with E-state index in [0.29, 0.717) is 13.0 Å². The Morgan fingerprint density at radius 1 is 1.40 bits per heavy atom. The number of amides is 1. The van der Waals surface area contributed by atoms with Crippen LogP contribution < -0.4 is 0 Å². The van der Waals surface area contributed by atoms with Crippen molar-refractivity contribution in [3.63, 3.8) is 0 Å². The summed E-state index contributed by atoms with van der Waals surface area (Å²) in [6.45, 7) is 2.40. The Bertz CT molecular complexity index is 336. The van der Waals surface area contributed by atoms with Gasteiger partial charge in [0, 0.05) is 13.6 Å². The van der Waals surface area contributed by atoms with E-state index in [-0.39, 0.29) is 12.5 Å². The fraction of sp³-hybridized carbons (Fsp3) is 0.417. The van der Waals surface area contributed by atoms with Gasteiger partial charge in [0.25, 0.3) is 0 Å². The first-order valence-corrected chi connectivity index (χ1v) is 5.04. The Hall–Kier alpha value is -1.35. The molecule has 0 saturated heterocycles. The van der Waals surface area contributed by atoms with Crippen molar-refractivity contribution < 1.29 is 9.90 Å². The van der Waals surface area contributed by atoms with Crippen LogP contribution in [0.3, 0.4) is 0 Å². The molecule has 3 nitrogen and oxygen atoms in total. The predicted octanol–water partition coefficient (Wildman–Crippen LogP) is 0.988. The van der Waals surface area contributed by atoms with Gasteiger partial charge in [-0.25, -0.2) is 0 Å².